The van der Waals surface area contributed by atoms with Gasteiger partial charge in [0.05, 0.1) is 5.60 Å². The Morgan fingerprint density at radius 3 is 1.23 bits per heavy atom. The lowest BCUT2D eigenvalue weighted by atomic mass is 10.0. The van der Waals surface area contributed by atoms with Gasteiger partial charge in [-0.1, -0.05) is 41.5 Å². The average Bonchev–Trinajstić information content (AvgIpc) is 2.76. The first-order chi connectivity index (χ1) is 15.0. The van der Waals surface area contributed by atoms with E-state index in [9.17, 15) is 0 Å². The van der Waals surface area contributed by atoms with E-state index in [1.54, 1.807) is 0 Å². The molecule has 0 saturated heterocycles. The molecule has 0 radical (unpaired) electrons. The smallest absolute Gasteiger partial charge is 0.163 e. The third-order valence-electron chi connectivity index (χ3n) is 6.62. The van der Waals surface area contributed by atoms with Crippen LogP contribution in [0.25, 0.3) is 0 Å². The van der Waals surface area contributed by atoms with E-state index in [4.69, 9.17) is 4.43 Å². The summed E-state index contributed by atoms with van der Waals surface area (Å²) >= 11 is 0. The summed E-state index contributed by atoms with van der Waals surface area (Å²) in [7, 11) is -0.430. The minimum atomic E-state index is -0.430. The molecule has 0 spiro atoms. The summed E-state index contributed by atoms with van der Waals surface area (Å²) in [5, 5.41) is 0. The van der Waals surface area contributed by atoms with Gasteiger partial charge in [0.2, 0.25) is 0 Å². The van der Waals surface area contributed by atoms with E-state index >= 15 is 0 Å². The third kappa shape index (κ3) is 16.3. The molecule has 0 bridgehead atoms. The summed E-state index contributed by atoms with van der Waals surface area (Å²) in [6.45, 7) is 27.3. The molecule has 0 N–H and O–H groups in total. The van der Waals surface area contributed by atoms with Crippen molar-refractivity contribution in [1.82, 2.24) is 14.7 Å². The lowest BCUT2D eigenvalue weighted by Gasteiger charge is -2.29. The first-order valence-corrected chi connectivity index (χ1v) is 15.4. The molecule has 0 rings (SSSR count). The van der Waals surface area contributed by atoms with Crippen LogP contribution >= 0.6 is 0 Å². The molecule has 0 saturated carbocycles. The fraction of sp³-hybridized carbons (Fsp3) is 1.00. The highest BCUT2D eigenvalue weighted by Crippen LogP contribution is 2.18. The molecule has 0 amide bonds. The van der Waals surface area contributed by atoms with Crippen molar-refractivity contribution >= 4 is 9.76 Å². The van der Waals surface area contributed by atoms with Gasteiger partial charge in [-0.3, -0.25) is 0 Å². The molecule has 0 aliphatic rings. The van der Waals surface area contributed by atoms with Crippen LogP contribution in [0.15, 0.2) is 0 Å². The lowest BCUT2D eigenvalue weighted by molar-refractivity contribution is 0.0843. The summed E-state index contributed by atoms with van der Waals surface area (Å²) in [5.41, 5.74) is 0.124. The Kier molecular flexibility index (Phi) is 20.7. The summed E-state index contributed by atoms with van der Waals surface area (Å²) in [4.78, 5) is 8.07. The lowest BCUT2D eigenvalue weighted by Crippen LogP contribution is -2.35. The molecule has 31 heavy (non-hydrogen) atoms. The second-order valence-corrected chi connectivity index (χ2v) is 11.0. The van der Waals surface area contributed by atoms with Gasteiger partial charge >= 0.3 is 0 Å². The van der Waals surface area contributed by atoms with Crippen molar-refractivity contribution in [2.45, 2.75) is 111 Å². The number of rotatable bonds is 23. The Morgan fingerprint density at radius 2 is 0.903 bits per heavy atom. The molecule has 5 heteroatoms. The minimum Gasteiger partial charge on any atom is -0.419 e. The van der Waals surface area contributed by atoms with E-state index in [0.717, 1.165) is 12.8 Å². The Balaban J connectivity index is 4.54. The van der Waals surface area contributed by atoms with Crippen LogP contribution in [0.4, 0.5) is 0 Å². The molecule has 0 atom stereocenters. The van der Waals surface area contributed by atoms with Gasteiger partial charge in [-0.2, -0.15) is 0 Å². The fourth-order valence-electron chi connectivity index (χ4n) is 4.37. The minimum absolute atomic E-state index is 0.124. The van der Waals surface area contributed by atoms with Gasteiger partial charge < -0.3 is 19.1 Å². The second-order valence-electron chi connectivity index (χ2n) is 9.59. The first kappa shape index (κ1) is 31.1. The van der Waals surface area contributed by atoms with Crippen LogP contribution in [-0.4, -0.2) is 89.0 Å². The highest BCUT2D eigenvalue weighted by Gasteiger charge is 2.19. The van der Waals surface area contributed by atoms with Crippen molar-refractivity contribution in [3.63, 3.8) is 0 Å². The highest BCUT2D eigenvalue weighted by molar-refractivity contribution is 6.27. The van der Waals surface area contributed by atoms with Crippen molar-refractivity contribution in [2.24, 2.45) is 0 Å². The first-order valence-electron chi connectivity index (χ1n) is 13.8. The van der Waals surface area contributed by atoms with Crippen molar-refractivity contribution in [2.75, 3.05) is 58.9 Å². The Bertz CT molecular complexity index is 346. The molecule has 0 fully saturated rings. The molecule has 188 valence electrons. The molecule has 0 aliphatic carbocycles. The fourth-order valence-corrected chi connectivity index (χ4v) is 5.99. The quantitative estimate of drug-likeness (QED) is 0.151. The molecule has 4 nitrogen and oxygen atoms in total. The van der Waals surface area contributed by atoms with Gasteiger partial charge in [0.15, 0.2) is 9.76 Å². The topological polar surface area (TPSA) is 19.0 Å². The zero-order chi connectivity index (χ0) is 23.4. The van der Waals surface area contributed by atoms with Gasteiger partial charge in [0.25, 0.3) is 0 Å². The molecule has 0 unspecified atom stereocenters. The summed E-state index contributed by atoms with van der Waals surface area (Å²) in [6.07, 6.45) is 9.95. The van der Waals surface area contributed by atoms with Crippen LogP contribution < -0.4 is 0 Å². The van der Waals surface area contributed by atoms with E-state index in [1.165, 1.54) is 103 Å². The Morgan fingerprint density at radius 1 is 0.548 bits per heavy atom. The van der Waals surface area contributed by atoms with E-state index in [2.05, 4.69) is 63.2 Å². The molecule has 0 aromatic rings. The zero-order valence-corrected chi connectivity index (χ0v) is 24.1. The Labute approximate surface area is 199 Å². The van der Waals surface area contributed by atoms with Crippen LogP contribution in [-0.2, 0) is 4.43 Å². The van der Waals surface area contributed by atoms with Crippen LogP contribution in [0.1, 0.15) is 99.8 Å². The normalized spacial score (nSPS) is 13.0. The van der Waals surface area contributed by atoms with Gasteiger partial charge in [0, 0.05) is 0 Å². The SMILES string of the molecule is CCCN(CCC)CCCN(CCCN(CCC)CCC)CC[SiH2]OC(C)(CC)CC. The maximum absolute atomic E-state index is 6.39. The van der Waals surface area contributed by atoms with Gasteiger partial charge in [-0.05, 0) is 123 Å². The van der Waals surface area contributed by atoms with Crippen LogP contribution in [0, 0.1) is 0 Å². The predicted octanol–water partition coefficient (Wildman–Crippen LogP) is 5.41. The van der Waals surface area contributed by atoms with Gasteiger partial charge in [-0.25, -0.2) is 0 Å². The van der Waals surface area contributed by atoms with Gasteiger partial charge in [0.1, 0.15) is 0 Å². The zero-order valence-electron chi connectivity index (χ0n) is 22.7. The van der Waals surface area contributed by atoms with E-state index in [0.29, 0.717) is 0 Å². The van der Waals surface area contributed by atoms with Crippen molar-refractivity contribution in [3.8, 4) is 0 Å². The van der Waals surface area contributed by atoms with E-state index < -0.39 is 9.76 Å². The largest absolute Gasteiger partial charge is 0.419 e. The molecule has 0 aliphatic heterocycles. The summed E-state index contributed by atoms with van der Waals surface area (Å²) in [6, 6.07) is 1.29. The Hall–Kier alpha value is 0.0569. The molecular formula is C26H59N3OSi. The van der Waals surface area contributed by atoms with Crippen LogP contribution in [0.2, 0.25) is 6.04 Å². The second kappa shape index (κ2) is 20.6. The average molecular weight is 458 g/mol. The maximum Gasteiger partial charge on any atom is 0.163 e. The highest BCUT2D eigenvalue weighted by atomic mass is 28.2. The molecular weight excluding hydrogens is 398 g/mol. The van der Waals surface area contributed by atoms with E-state index in [1.807, 2.05) is 0 Å². The number of hydrogen-bond donors (Lipinski definition) is 0. The molecule has 0 heterocycles. The summed E-state index contributed by atoms with van der Waals surface area (Å²) in [5.74, 6) is 0. The monoisotopic (exact) mass is 457 g/mol. The van der Waals surface area contributed by atoms with Crippen LogP contribution in [0.3, 0.4) is 0 Å². The van der Waals surface area contributed by atoms with Crippen molar-refractivity contribution in [3.05, 3.63) is 0 Å². The van der Waals surface area contributed by atoms with Crippen molar-refractivity contribution < 1.29 is 4.43 Å². The summed E-state index contributed by atoms with van der Waals surface area (Å²) < 4.78 is 6.39. The molecule has 0 aromatic carbocycles. The van der Waals surface area contributed by atoms with Crippen LogP contribution in [0.5, 0.6) is 0 Å². The molecule has 0 aromatic heterocycles. The maximum atomic E-state index is 6.39. The van der Waals surface area contributed by atoms with E-state index in [-0.39, 0.29) is 5.60 Å². The van der Waals surface area contributed by atoms with Gasteiger partial charge in [-0.15, -0.1) is 0 Å². The third-order valence-corrected chi connectivity index (χ3v) is 8.13. The standard InChI is InChI=1S/C26H59N3OSi/c1-8-16-27(17-9-2)20-14-22-29(23-15-21-28(18-10-3)19-11-4)24-25-31-30-26(7,12-5)13-6/h8-25,31H2,1-7H3. The number of hydrogen-bond acceptors (Lipinski definition) is 4. The predicted molar refractivity (Wildman–Crippen MR) is 143 cm³/mol. The van der Waals surface area contributed by atoms with Crippen molar-refractivity contribution in [1.29, 1.82) is 0 Å². The number of nitrogens with zero attached hydrogens (tertiary/aromatic N) is 3.